The number of hydrogen-bond acceptors (Lipinski definition) is 7. The molecule has 0 aliphatic carbocycles. The summed E-state index contributed by atoms with van der Waals surface area (Å²) in [5, 5.41) is 24.9. The summed E-state index contributed by atoms with van der Waals surface area (Å²) in [4.78, 5) is 30.9. The molecule has 38 heavy (non-hydrogen) atoms. The predicted molar refractivity (Wildman–Crippen MR) is 145 cm³/mol. The Morgan fingerprint density at radius 2 is 1.53 bits per heavy atom. The zero-order chi connectivity index (χ0) is 26.7. The molecule has 0 aliphatic rings. The number of H-pyrrole nitrogens is 1. The molecule has 2 amide bonds. The molecule has 0 spiro atoms. The number of benzene rings is 3. The number of phenolic OH excluding ortho intramolecular Hbond substituents is 1. The van der Waals surface area contributed by atoms with Crippen LogP contribution >= 0.6 is 0 Å². The first-order valence-electron chi connectivity index (χ1n) is 12.4. The van der Waals surface area contributed by atoms with E-state index < -0.39 is 12.0 Å². The number of carbonyl (C=O) groups excluding carboxylic acids is 2. The average molecular weight is 514 g/mol. The van der Waals surface area contributed by atoms with Crippen LogP contribution in [0.3, 0.4) is 0 Å². The predicted octanol–water partition coefficient (Wildman–Crippen LogP) is 2.92. The summed E-state index contributed by atoms with van der Waals surface area (Å²) in [6, 6.07) is 24.8. The molecule has 0 saturated carbocycles. The third kappa shape index (κ3) is 7.33. The van der Waals surface area contributed by atoms with Gasteiger partial charge in [0.05, 0.1) is 5.92 Å². The highest BCUT2D eigenvalue weighted by molar-refractivity contribution is 5.92. The molecule has 1 heterocycles. The van der Waals surface area contributed by atoms with E-state index in [9.17, 15) is 14.7 Å². The molecule has 7 N–H and O–H groups in total. The highest BCUT2D eigenvalue weighted by atomic mass is 16.3. The van der Waals surface area contributed by atoms with Gasteiger partial charge in [-0.25, -0.2) is 5.10 Å². The Morgan fingerprint density at radius 3 is 2.11 bits per heavy atom. The molecule has 3 aromatic carbocycles. The van der Waals surface area contributed by atoms with Gasteiger partial charge in [0.2, 0.25) is 23.7 Å². The number of phenols is 1. The van der Waals surface area contributed by atoms with E-state index in [1.54, 1.807) is 24.3 Å². The lowest BCUT2D eigenvalue weighted by atomic mass is 9.90. The van der Waals surface area contributed by atoms with Crippen LogP contribution in [-0.4, -0.2) is 44.7 Å². The summed E-state index contributed by atoms with van der Waals surface area (Å²) < 4.78 is 0. The lowest BCUT2D eigenvalue weighted by Crippen LogP contribution is -2.48. The number of nitrogens with two attached hydrogens (primary N) is 1. The average Bonchev–Trinajstić information content (AvgIpc) is 3.36. The van der Waals surface area contributed by atoms with Crippen molar-refractivity contribution in [2.75, 3.05) is 17.6 Å². The van der Waals surface area contributed by atoms with Gasteiger partial charge in [-0.1, -0.05) is 72.8 Å². The van der Waals surface area contributed by atoms with Crippen LogP contribution in [0.5, 0.6) is 5.75 Å². The second-order valence-corrected chi connectivity index (χ2v) is 8.81. The Kier molecular flexibility index (Phi) is 8.90. The minimum atomic E-state index is -0.770. The maximum Gasteiger partial charge on any atom is 0.243 e. The van der Waals surface area contributed by atoms with E-state index in [-0.39, 0.29) is 30.1 Å². The van der Waals surface area contributed by atoms with Crippen LogP contribution in [0.4, 0.5) is 11.9 Å². The van der Waals surface area contributed by atoms with Gasteiger partial charge in [0.25, 0.3) is 0 Å². The molecule has 0 saturated heterocycles. The van der Waals surface area contributed by atoms with Crippen molar-refractivity contribution in [3.05, 3.63) is 102 Å². The van der Waals surface area contributed by atoms with E-state index in [1.807, 2.05) is 60.7 Å². The molecule has 196 valence electrons. The standard InChI is InChI=1S/C28H31N7O3/c29-27-33-28(35-34-27)30-17-7-12-23(25(37)31-18-19-13-15-22(36)16-14-19)32-26(38)24(20-8-3-1-4-9-20)21-10-5-2-6-11-21/h1-6,8-11,13-16,23-24,36H,7,12,17-18H2,(H,31,37)(H,32,38)(H4,29,30,33,34,35). The first kappa shape index (κ1) is 26.2. The number of nitrogens with one attached hydrogen (secondary N) is 4. The first-order valence-corrected chi connectivity index (χ1v) is 12.4. The quantitative estimate of drug-likeness (QED) is 0.159. The molecule has 0 radical (unpaired) electrons. The van der Waals surface area contributed by atoms with Crippen molar-refractivity contribution >= 4 is 23.7 Å². The summed E-state index contributed by atoms with van der Waals surface area (Å²) in [6.45, 7) is 0.747. The Bertz CT molecular complexity index is 1270. The number of hydrogen-bond donors (Lipinski definition) is 6. The Labute approximate surface area is 220 Å². The number of nitrogen functional groups attached to an aromatic ring is 1. The first-order chi connectivity index (χ1) is 18.5. The molecule has 4 aromatic rings. The minimum Gasteiger partial charge on any atom is -0.508 e. The van der Waals surface area contributed by atoms with Crippen LogP contribution in [0.25, 0.3) is 0 Å². The van der Waals surface area contributed by atoms with E-state index in [1.165, 1.54) is 0 Å². The van der Waals surface area contributed by atoms with Crippen LogP contribution in [0, 0.1) is 0 Å². The van der Waals surface area contributed by atoms with Gasteiger partial charge in [-0.3, -0.25) is 9.59 Å². The molecule has 1 atom stereocenters. The SMILES string of the molecule is Nc1nc(NCCCC(NC(=O)C(c2ccccc2)c2ccccc2)C(=O)NCc2ccc(O)cc2)n[nH]1. The van der Waals surface area contributed by atoms with E-state index >= 15 is 0 Å². The van der Waals surface area contributed by atoms with Crippen molar-refractivity contribution < 1.29 is 14.7 Å². The summed E-state index contributed by atoms with van der Waals surface area (Å²) in [5.74, 6) is -0.402. The topological polar surface area (TPSA) is 158 Å². The zero-order valence-corrected chi connectivity index (χ0v) is 20.8. The molecule has 10 heteroatoms. The summed E-state index contributed by atoms with van der Waals surface area (Å²) in [7, 11) is 0. The Balaban J connectivity index is 1.46. The summed E-state index contributed by atoms with van der Waals surface area (Å²) >= 11 is 0. The number of aromatic nitrogens is 3. The van der Waals surface area contributed by atoms with Gasteiger partial charge < -0.3 is 26.8 Å². The highest BCUT2D eigenvalue weighted by Crippen LogP contribution is 2.25. The Hall–Kier alpha value is -4.86. The van der Waals surface area contributed by atoms with E-state index in [0.717, 1.165) is 16.7 Å². The van der Waals surface area contributed by atoms with Gasteiger partial charge in [0.1, 0.15) is 11.8 Å². The maximum absolute atomic E-state index is 13.7. The zero-order valence-electron chi connectivity index (χ0n) is 20.8. The summed E-state index contributed by atoms with van der Waals surface area (Å²) in [5.41, 5.74) is 8.06. The maximum atomic E-state index is 13.7. The highest BCUT2D eigenvalue weighted by Gasteiger charge is 2.27. The lowest BCUT2D eigenvalue weighted by molar-refractivity contribution is -0.129. The van der Waals surface area contributed by atoms with Gasteiger partial charge in [-0.15, -0.1) is 5.10 Å². The van der Waals surface area contributed by atoms with Crippen molar-refractivity contribution in [3.8, 4) is 5.75 Å². The van der Waals surface area contributed by atoms with Crippen molar-refractivity contribution in [1.29, 1.82) is 0 Å². The van der Waals surface area contributed by atoms with E-state index in [2.05, 4.69) is 31.1 Å². The molecule has 4 rings (SSSR count). The molecule has 0 fully saturated rings. The number of nitrogens with zero attached hydrogens (tertiary/aromatic N) is 2. The molecule has 0 bridgehead atoms. The minimum absolute atomic E-state index is 0.152. The van der Waals surface area contributed by atoms with Crippen LogP contribution in [0.15, 0.2) is 84.9 Å². The van der Waals surface area contributed by atoms with Crippen LogP contribution in [-0.2, 0) is 16.1 Å². The second-order valence-electron chi connectivity index (χ2n) is 8.81. The van der Waals surface area contributed by atoms with Gasteiger partial charge in [0, 0.05) is 13.1 Å². The van der Waals surface area contributed by atoms with Gasteiger partial charge in [-0.05, 0) is 41.7 Å². The normalized spacial score (nSPS) is 11.6. The number of anilines is 2. The fraction of sp³-hybridized carbons (Fsp3) is 0.214. The van der Waals surface area contributed by atoms with Gasteiger partial charge >= 0.3 is 0 Å². The van der Waals surface area contributed by atoms with Crippen molar-refractivity contribution in [3.63, 3.8) is 0 Å². The van der Waals surface area contributed by atoms with Crippen LogP contribution < -0.4 is 21.7 Å². The number of rotatable bonds is 12. The van der Waals surface area contributed by atoms with Crippen LogP contribution in [0.1, 0.15) is 35.4 Å². The number of carbonyl (C=O) groups is 2. The largest absolute Gasteiger partial charge is 0.508 e. The van der Waals surface area contributed by atoms with E-state index in [0.29, 0.717) is 25.3 Å². The monoisotopic (exact) mass is 513 g/mol. The molecular formula is C28H31N7O3. The second kappa shape index (κ2) is 12.9. The fourth-order valence-electron chi connectivity index (χ4n) is 4.10. The van der Waals surface area contributed by atoms with E-state index in [4.69, 9.17) is 5.73 Å². The van der Waals surface area contributed by atoms with Crippen molar-refractivity contribution in [2.24, 2.45) is 0 Å². The number of aromatic hydroxyl groups is 1. The van der Waals surface area contributed by atoms with Gasteiger partial charge in [-0.2, -0.15) is 4.98 Å². The number of amides is 2. The molecular weight excluding hydrogens is 482 g/mol. The third-order valence-electron chi connectivity index (χ3n) is 6.02. The number of aromatic amines is 1. The summed E-state index contributed by atoms with van der Waals surface area (Å²) in [6.07, 6.45) is 0.948. The molecule has 1 unspecified atom stereocenters. The van der Waals surface area contributed by atoms with Gasteiger partial charge in [0.15, 0.2) is 0 Å². The fourth-order valence-corrected chi connectivity index (χ4v) is 4.10. The smallest absolute Gasteiger partial charge is 0.243 e. The van der Waals surface area contributed by atoms with Crippen molar-refractivity contribution in [2.45, 2.75) is 31.3 Å². The van der Waals surface area contributed by atoms with Crippen LogP contribution in [0.2, 0.25) is 0 Å². The molecule has 0 aliphatic heterocycles. The third-order valence-corrected chi connectivity index (χ3v) is 6.02. The van der Waals surface area contributed by atoms with Crippen molar-refractivity contribution in [1.82, 2.24) is 25.8 Å². The molecule has 1 aromatic heterocycles. The molecule has 10 nitrogen and oxygen atoms in total. The Morgan fingerprint density at radius 1 is 0.895 bits per heavy atom. The lowest BCUT2D eigenvalue weighted by Gasteiger charge is -2.23.